The molecule has 2 N–H and O–H groups in total. The summed E-state index contributed by atoms with van der Waals surface area (Å²) in [6.45, 7) is 2.14. The van der Waals surface area contributed by atoms with E-state index < -0.39 is 9.84 Å². The van der Waals surface area contributed by atoms with Crippen molar-refractivity contribution in [3.05, 3.63) is 0 Å². The molecular weight excluding hydrogens is 242 g/mol. The van der Waals surface area contributed by atoms with Crippen LogP contribution in [0.2, 0.25) is 0 Å². The third-order valence-electron chi connectivity index (χ3n) is 3.51. The zero-order valence-electron chi connectivity index (χ0n) is 9.98. The summed E-state index contributed by atoms with van der Waals surface area (Å²) in [7, 11) is -1.28. The highest BCUT2D eigenvalue weighted by atomic mass is 32.2. The van der Waals surface area contributed by atoms with E-state index in [1.165, 1.54) is 0 Å². The molecule has 6 nitrogen and oxygen atoms in total. The van der Waals surface area contributed by atoms with Crippen LogP contribution in [0.15, 0.2) is 0 Å². The summed E-state index contributed by atoms with van der Waals surface area (Å²) in [5.74, 6) is 0.407. The average Bonchev–Trinajstić information content (AvgIpc) is 2.68. The van der Waals surface area contributed by atoms with Gasteiger partial charge in [0, 0.05) is 32.7 Å². The number of hydrogen-bond acceptors (Lipinski definition) is 5. The van der Waals surface area contributed by atoms with Crippen molar-refractivity contribution in [3.63, 3.8) is 0 Å². The van der Waals surface area contributed by atoms with Crippen LogP contribution in [0.3, 0.4) is 0 Å². The van der Waals surface area contributed by atoms with Gasteiger partial charge in [0.1, 0.15) is 6.04 Å². The Bertz CT molecular complexity index is 396. The highest BCUT2D eigenvalue weighted by Gasteiger charge is 2.38. The molecule has 0 radical (unpaired) electrons. The Balaban J connectivity index is 2.09. The lowest BCUT2D eigenvalue weighted by molar-refractivity contribution is -0.127. The minimum atomic E-state index is -2.89. The van der Waals surface area contributed by atoms with Gasteiger partial charge in [-0.3, -0.25) is 9.69 Å². The van der Waals surface area contributed by atoms with Crippen molar-refractivity contribution in [2.75, 3.05) is 38.2 Å². The molecule has 0 aromatic carbocycles. The van der Waals surface area contributed by atoms with Crippen molar-refractivity contribution in [2.24, 2.45) is 0 Å². The smallest absolute Gasteiger partial charge is 0.238 e. The first-order chi connectivity index (χ1) is 8.03. The number of sulfone groups is 1. The molecule has 2 unspecified atom stereocenters. The van der Waals surface area contributed by atoms with Gasteiger partial charge >= 0.3 is 0 Å². The Hall–Kier alpha value is -0.660. The minimum Gasteiger partial charge on any atom is -0.358 e. The predicted octanol–water partition coefficient (Wildman–Crippen LogP) is -1.81. The molecule has 0 spiro atoms. The zero-order valence-corrected chi connectivity index (χ0v) is 10.8. The molecule has 2 fully saturated rings. The molecule has 1 amide bonds. The average molecular weight is 261 g/mol. The van der Waals surface area contributed by atoms with Gasteiger partial charge in [0.2, 0.25) is 5.91 Å². The summed E-state index contributed by atoms with van der Waals surface area (Å²) >= 11 is 0. The number of nitrogens with one attached hydrogen (secondary N) is 2. The minimum absolute atomic E-state index is 0.00407. The highest BCUT2D eigenvalue weighted by molar-refractivity contribution is 7.91. The number of likely N-dealkylation sites (N-methyl/N-ethyl adjacent to an activating group) is 1. The quantitative estimate of drug-likeness (QED) is 0.613. The van der Waals surface area contributed by atoms with E-state index in [1.807, 2.05) is 4.90 Å². The Morgan fingerprint density at radius 2 is 2.24 bits per heavy atom. The molecule has 0 aromatic rings. The second-order valence-electron chi connectivity index (χ2n) is 4.63. The lowest BCUT2D eigenvalue weighted by Gasteiger charge is -2.38. The van der Waals surface area contributed by atoms with Gasteiger partial charge in [-0.1, -0.05) is 0 Å². The fraction of sp³-hybridized carbons (Fsp3) is 0.900. The van der Waals surface area contributed by atoms with Crippen LogP contribution in [-0.4, -0.2) is 69.5 Å². The third-order valence-corrected chi connectivity index (χ3v) is 5.26. The van der Waals surface area contributed by atoms with Crippen LogP contribution in [0.25, 0.3) is 0 Å². The number of nitrogens with zero attached hydrogens (tertiary/aromatic N) is 1. The van der Waals surface area contributed by atoms with Gasteiger partial charge in [-0.05, 0) is 6.42 Å². The summed E-state index contributed by atoms with van der Waals surface area (Å²) in [6, 6.07) is -0.239. The summed E-state index contributed by atoms with van der Waals surface area (Å²) in [4.78, 5) is 13.8. The maximum Gasteiger partial charge on any atom is 0.238 e. The monoisotopic (exact) mass is 261 g/mol. The van der Waals surface area contributed by atoms with Gasteiger partial charge in [0.15, 0.2) is 9.84 Å². The molecular formula is C10H19N3O3S. The molecule has 2 saturated heterocycles. The van der Waals surface area contributed by atoms with Crippen LogP contribution in [0, 0.1) is 0 Å². The van der Waals surface area contributed by atoms with Crippen molar-refractivity contribution in [1.82, 2.24) is 15.5 Å². The van der Waals surface area contributed by atoms with Crippen LogP contribution >= 0.6 is 0 Å². The standard InChI is InChI=1S/C10H19N3O3S/c1-11-10(14)9-6-12-3-4-13(9)8-2-5-17(15,16)7-8/h8-9,12H,2-7H2,1H3,(H,11,14). The number of hydrogen-bond donors (Lipinski definition) is 2. The van der Waals surface area contributed by atoms with Crippen molar-refractivity contribution >= 4 is 15.7 Å². The molecule has 2 atom stereocenters. The van der Waals surface area contributed by atoms with Gasteiger partial charge < -0.3 is 10.6 Å². The van der Waals surface area contributed by atoms with Crippen molar-refractivity contribution in [3.8, 4) is 0 Å². The van der Waals surface area contributed by atoms with E-state index in [0.29, 0.717) is 13.0 Å². The predicted molar refractivity (Wildman–Crippen MR) is 64.5 cm³/mol. The Kier molecular flexibility index (Phi) is 3.70. The number of piperazine rings is 1. The summed E-state index contributed by atoms with van der Waals surface area (Å²) in [5, 5.41) is 5.81. The molecule has 7 heteroatoms. The first-order valence-corrected chi connectivity index (χ1v) is 7.74. The third kappa shape index (κ3) is 2.78. The molecule has 2 aliphatic heterocycles. The summed E-state index contributed by atoms with van der Waals surface area (Å²) < 4.78 is 23.0. The molecule has 0 saturated carbocycles. The second-order valence-corrected chi connectivity index (χ2v) is 6.86. The van der Waals surface area contributed by atoms with Crippen LogP contribution in [0.5, 0.6) is 0 Å². The SMILES string of the molecule is CNC(=O)C1CNCCN1C1CCS(=O)(=O)C1. The van der Waals surface area contributed by atoms with Crippen molar-refractivity contribution < 1.29 is 13.2 Å². The number of carbonyl (C=O) groups is 1. The Labute approximate surface area is 102 Å². The summed E-state index contributed by atoms with van der Waals surface area (Å²) in [6.07, 6.45) is 0.649. The van der Waals surface area contributed by atoms with Gasteiger partial charge in [-0.2, -0.15) is 0 Å². The van der Waals surface area contributed by atoms with E-state index in [0.717, 1.165) is 13.1 Å². The van der Waals surface area contributed by atoms with Gasteiger partial charge in [0.05, 0.1) is 11.5 Å². The normalized spacial score (nSPS) is 33.5. The topological polar surface area (TPSA) is 78.5 Å². The molecule has 0 aliphatic carbocycles. The van der Waals surface area contributed by atoms with E-state index in [-0.39, 0.29) is 29.5 Å². The van der Waals surface area contributed by atoms with Crippen LogP contribution in [0.4, 0.5) is 0 Å². The molecule has 98 valence electrons. The van der Waals surface area contributed by atoms with E-state index >= 15 is 0 Å². The fourth-order valence-corrected chi connectivity index (χ4v) is 4.35. The lowest BCUT2D eigenvalue weighted by Crippen LogP contribution is -2.60. The summed E-state index contributed by atoms with van der Waals surface area (Å²) in [5.41, 5.74) is 0. The van der Waals surface area contributed by atoms with Gasteiger partial charge in [-0.15, -0.1) is 0 Å². The Morgan fingerprint density at radius 3 is 2.82 bits per heavy atom. The second kappa shape index (κ2) is 4.91. The number of amides is 1. The van der Waals surface area contributed by atoms with E-state index in [2.05, 4.69) is 10.6 Å². The molecule has 2 rings (SSSR count). The van der Waals surface area contributed by atoms with Crippen LogP contribution in [0.1, 0.15) is 6.42 Å². The first-order valence-electron chi connectivity index (χ1n) is 5.92. The highest BCUT2D eigenvalue weighted by Crippen LogP contribution is 2.20. The first kappa shape index (κ1) is 12.8. The van der Waals surface area contributed by atoms with E-state index in [1.54, 1.807) is 7.05 Å². The van der Waals surface area contributed by atoms with Gasteiger partial charge in [0.25, 0.3) is 0 Å². The zero-order chi connectivity index (χ0) is 12.5. The van der Waals surface area contributed by atoms with Crippen molar-refractivity contribution in [1.29, 1.82) is 0 Å². The Morgan fingerprint density at radius 1 is 1.47 bits per heavy atom. The molecule has 0 bridgehead atoms. The molecule has 17 heavy (non-hydrogen) atoms. The van der Waals surface area contributed by atoms with Crippen LogP contribution < -0.4 is 10.6 Å². The molecule has 0 aromatic heterocycles. The molecule has 2 aliphatic rings. The lowest BCUT2D eigenvalue weighted by atomic mass is 10.1. The van der Waals surface area contributed by atoms with Crippen molar-refractivity contribution in [2.45, 2.75) is 18.5 Å². The largest absolute Gasteiger partial charge is 0.358 e. The number of carbonyl (C=O) groups excluding carboxylic acids is 1. The maximum absolute atomic E-state index is 11.8. The van der Waals surface area contributed by atoms with E-state index in [9.17, 15) is 13.2 Å². The molecule has 2 heterocycles. The van der Waals surface area contributed by atoms with Crippen LogP contribution in [-0.2, 0) is 14.6 Å². The van der Waals surface area contributed by atoms with E-state index in [4.69, 9.17) is 0 Å². The fourth-order valence-electron chi connectivity index (χ4n) is 2.60. The maximum atomic E-state index is 11.8. The number of rotatable bonds is 2. The van der Waals surface area contributed by atoms with Gasteiger partial charge in [-0.25, -0.2) is 8.42 Å².